The van der Waals surface area contributed by atoms with Crippen molar-refractivity contribution in [2.45, 2.75) is 13.8 Å². The van der Waals surface area contributed by atoms with Gasteiger partial charge >= 0.3 is 5.91 Å². The Morgan fingerprint density at radius 3 is 1.69 bits per heavy atom. The lowest BCUT2D eigenvalue weighted by atomic mass is 10.4. The van der Waals surface area contributed by atoms with Crippen molar-refractivity contribution in [3.05, 3.63) is 0 Å². The topological polar surface area (TPSA) is 77.4 Å². The summed E-state index contributed by atoms with van der Waals surface area (Å²) < 4.78 is 0.260. The van der Waals surface area contributed by atoms with Crippen LogP contribution in [-0.2, 0) is 9.59 Å². The number of likely N-dealkylation sites (N-methyl/N-ethyl adjacent to an activating group) is 1. The van der Waals surface area contributed by atoms with E-state index in [0.29, 0.717) is 6.54 Å². The molecule has 0 fully saturated rings. The second-order valence-corrected chi connectivity index (χ2v) is 3.14. The van der Waals surface area contributed by atoms with Crippen LogP contribution in [0.15, 0.2) is 0 Å². The predicted molar refractivity (Wildman–Crippen MR) is 45.4 cm³/mol. The minimum atomic E-state index is -1.08. The molecular weight excluding hydrogens is 174 g/mol. The van der Waals surface area contributed by atoms with Gasteiger partial charge in [-0.25, -0.2) is 4.79 Å². The fourth-order valence-corrected chi connectivity index (χ4v) is 0.407. The first kappa shape index (κ1) is 14.6. The first-order valence-corrected chi connectivity index (χ1v) is 3.86. The Bertz CT molecular complexity index is 173. The van der Waals surface area contributed by atoms with Crippen LogP contribution in [0.25, 0.3) is 0 Å². The number of amides is 1. The van der Waals surface area contributed by atoms with Crippen LogP contribution >= 0.6 is 0 Å². The molecular formula is C8H17NO4. The second kappa shape index (κ2) is 6.56. The van der Waals surface area contributed by atoms with Crippen molar-refractivity contribution in [1.82, 2.24) is 0 Å². The minimum Gasteiger partial charge on any atom is -0.550 e. The molecule has 0 heterocycles. The number of carbonyl (C=O) groups excluding carboxylic acids is 2. The maximum atomic E-state index is 10.7. The summed E-state index contributed by atoms with van der Waals surface area (Å²) >= 11 is 0. The summed E-state index contributed by atoms with van der Waals surface area (Å²) in [4.78, 5) is 19.6. The zero-order chi connectivity index (χ0) is 11.1. The molecule has 1 N–H and O–H groups in total. The third-order valence-corrected chi connectivity index (χ3v) is 1.51. The number of aliphatic carboxylic acids is 1. The van der Waals surface area contributed by atoms with E-state index in [-0.39, 0.29) is 17.0 Å². The summed E-state index contributed by atoms with van der Waals surface area (Å²) in [5.41, 5.74) is 0. The third kappa shape index (κ3) is 11.1. The van der Waals surface area contributed by atoms with Gasteiger partial charge in [0, 0.05) is 5.97 Å². The number of quaternary nitrogens is 1. The maximum absolute atomic E-state index is 10.7. The molecule has 0 bridgehead atoms. The highest BCUT2D eigenvalue weighted by Crippen LogP contribution is 1.94. The average Bonchev–Trinajstić information content (AvgIpc) is 1.85. The Balaban J connectivity index is 0. The number of hydrogen-bond acceptors (Lipinski definition) is 4. The summed E-state index contributed by atoms with van der Waals surface area (Å²) in [5, 5.41) is 17.4. The fourth-order valence-electron chi connectivity index (χ4n) is 0.407. The summed E-state index contributed by atoms with van der Waals surface area (Å²) in [7, 11) is 3.55. The number of aliphatic hydroxyl groups is 1. The Morgan fingerprint density at radius 2 is 1.62 bits per heavy atom. The van der Waals surface area contributed by atoms with Gasteiger partial charge in [0.25, 0.3) is 0 Å². The van der Waals surface area contributed by atoms with Crippen molar-refractivity contribution in [1.29, 1.82) is 0 Å². The molecule has 0 aliphatic carbocycles. The van der Waals surface area contributed by atoms with E-state index < -0.39 is 5.97 Å². The van der Waals surface area contributed by atoms with Gasteiger partial charge in [-0.2, -0.15) is 0 Å². The minimum absolute atomic E-state index is 0.0621. The van der Waals surface area contributed by atoms with Crippen LogP contribution in [0.4, 0.5) is 0 Å². The van der Waals surface area contributed by atoms with E-state index in [0.717, 1.165) is 6.92 Å². The van der Waals surface area contributed by atoms with Gasteiger partial charge in [0.2, 0.25) is 0 Å². The third-order valence-electron chi connectivity index (χ3n) is 1.51. The van der Waals surface area contributed by atoms with E-state index in [4.69, 9.17) is 15.0 Å². The monoisotopic (exact) mass is 191 g/mol. The lowest BCUT2D eigenvalue weighted by Crippen LogP contribution is -2.45. The van der Waals surface area contributed by atoms with Gasteiger partial charge in [-0.15, -0.1) is 0 Å². The van der Waals surface area contributed by atoms with Crippen LogP contribution in [0.5, 0.6) is 0 Å². The number of carboxylic acids is 1. The highest BCUT2D eigenvalue weighted by molar-refractivity contribution is 5.65. The number of aliphatic hydroxyl groups excluding tert-OH is 1. The molecule has 0 saturated heterocycles. The highest BCUT2D eigenvalue weighted by Gasteiger charge is 2.19. The van der Waals surface area contributed by atoms with Crippen molar-refractivity contribution in [2.24, 2.45) is 0 Å². The number of rotatable bonds is 2. The van der Waals surface area contributed by atoms with Gasteiger partial charge in [0.15, 0.2) is 0 Å². The summed E-state index contributed by atoms with van der Waals surface area (Å²) in [6.07, 6.45) is 0. The summed E-state index contributed by atoms with van der Waals surface area (Å²) in [6.45, 7) is 3.05. The zero-order valence-corrected chi connectivity index (χ0v) is 8.53. The van der Waals surface area contributed by atoms with E-state index in [1.165, 1.54) is 6.92 Å². The van der Waals surface area contributed by atoms with Gasteiger partial charge in [-0.3, -0.25) is 4.48 Å². The van der Waals surface area contributed by atoms with Crippen molar-refractivity contribution < 1.29 is 24.3 Å². The Hall–Kier alpha value is -0.940. The van der Waals surface area contributed by atoms with E-state index in [1.54, 1.807) is 14.1 Å². The molecule has 0 spiro atoms. The molecule has 5 nitrogen and oxygen atoms in total. The number of hydrogen-bond donors (Lipinski definition) is 1. The average molecular weight is 191 g/mol. The second-order valence-electron chi connectivity index (χ2n) is 3.14. The largest absolute Gasteiger partial charge is 0.550 e. The molecule has 0 radical (unpaired) electrons. The van der Waals surface area contributed by atoms with Crippen molar-refractivity contribution in [3.8, 4) is 0 Å². The molecule has 0 atom stereocenters. The lowest BCUT2D eigenvalue weighted by molar-refractivity contribution is -0.813. The summed E-state index contributed by atoms with van der Waals surface area (Å²) in [5.74, 6) is -1.01. The van der Waals surface area contributed by atoms with Crippen molar-refractivity contribution in [2.75, 3.05) is 27.2 Å². The van der Waals surface area contributed by atoms with Crippen molar-refractivity contribution in [3.63, 3.8) is 0 Å². The van der Waals surface area contributed by atoms with E-state index in [1.807, 2.05) is 0 Å². The van der Waals surface area contributed by atoms with Crippen LogP contribution in [-0.4, -0.2) is 48.7 Å². The lowest BCUT2D eigenvalue weighted by Gasteiger charge is -2.23. The molecule has 0 aromatic carbocycles. The van der Waals surface area contributed by atoms with Gasteiger partial charge in [0.05, 0.1) is 27.6 Å². The Kier molecular flexibility index (Phi) is 7.36. The first-order chi connectivity index (χ1) is 5.74. The van der Waals surface area contributed by atoms with Crippen molar-refractivity contribution >= 4 is 11.9 Å². The van der Waals surface area contributed by atoms with E-state index >= 15 is 0 Å². The molecule has 0 unspecified atom stereocenters. The molecule has 0 aliphatic heterocycles. The molecule has 78 valence electrons. The standard InChI is InChI=1S/C6H14NO2.C2H4O2/c1-6(9)7(2,3)4-5-8;1-2(3)4/h8H,4-5H2,1-3H3;1H3,(H,3,4)/q+1;/p-1. The van der Waals surface area contributed by atoms with Crippen LogP contribution in [0.3, 0.4) is 0 Å². The SMILES string of the molecule is CC(=O)[N+](C)(C)CCO.CC(=O)[O-]. The molecule has 0 aliphatic rings. The summed E-state index contributed by atoms with van der Waals surface area (Å²) in [6, 6.07) is 0. The maximum Gasteiger partial charge on any atom is 0.310 e. The zero-order valence-electron chi connectivity index (χ0n) is 8.53. The Morgan fingerprint density at radius 1 is 1.31 bits per heavy atom. The fraction of sp³-hybridized carbons (Fsp3) is 0.750. The van der Waals surface area contributed by atoms with E-state index in [2.05, 4.69) is 0 Å². The van der Waals surface area contributed by atoms with Gasteiger partial charge in [-0.05, 0) is 6.92 Å². The molecule has 1 amide bonds. The van der Waals surface area contributed by atoms with Gasteiger partial charge in [0.1, 0.15) is 6.54 Å². The van der Waals surface area contributed by atoms with Crippen LogP contribution in [0.1, 0.15) is 13.8 Å². The van der Waals surface area contributed by atoms with Gasteiger partial charge in [-0.1, -0.05) is 0 Å². The smallest absolute Gasteiger partial charge is 0.310 e. The molecule has 0 aromatic rings. The highest BCUT2D eigenvalue weighted by atomic mass is 16.4. The molecule has 0 rings (SSSR count). The molecule has 0 saturated carbocycles. The van der Waals surface area contributed by atoms with Crippen LogP contribution < -0.4 is 5.11 Å². The first-order valence-electron chi connectivity index (χ1n) is 3.86. The molecule has 5 heteroatoms. The normalized spacial score (nSPS) is 9.92. The molecule has 0 aromatic heterocycles. The van der Waals surface area contributed by atoms with E-state index in [9.17, 15) is 4.79 Å². The number of carbonyl (C=O) groups is 2. The Labute approximate surface area is 78.2 Å². The number of nitrogens with zero attached hydrogens (tertiary/aromatic N) is 1. The number of carboxylic acid groups (broad SMARTS) is 1. The van der Waals surface area contributed by atoms with Crippen LogP contribution in [0, 0.1) is 0 Å². The molecule has 13 heavy (non-hydrogen) atoms. The predicted octanol–water partition coefficient (Wildman–Crippen LogP) is -1.64. The quantitative estimate of drug-likeness (QED) is 0.531. The van der Waals surface area contributed by atoms with Gasteiger partial charge < -0.3 is 15.0 Å². The van der Waals surface area contributed by atoms with Crippen LogP contribution in [0.2, 0.25) is 0 Å².